The summed E-state index contributed by atoms with van der Waals surface area (Å²) < 4.78 is 5.27. The molecule has 140 valence electrons. The number of benzene rings is 1. The van der Waals surface area contributed by atoms with E-state index in [1.165, 1.54) is 6.42 Å². The molecule has 2 heterocycles. The molecule has 0 unspecified atom stereocenters. The first kappa shape index (κ1) is 19.1. The number of hydrogen-bond acceptors (Lipinski definition) is 5. The van der Waals surface area contributed by atoms with Crippen LogP contribution in [0.5, 0.6) is 0 Å². The Balaban J connectivity index is 0.00000196. The van der Waals surface area contributed by atoms with E-state index in [4.69, 9.17) is 16.1 Å². The van der Waals surface area contributed by atoms with Gasteiger partial charge in [-0.2, -0.15) is 4.98 Å². The molecule has 1 aliphatic carbocycles. The van der Waals surface area contributed by atoms with E-state index in [0.29, 0.717) is 22.7 Å². The van der Waals surface area contributed by atoms with Gasteiger partial charge < -0.3 is 15.2 Å². The lowest BCUT2D eigenvalue weighted by Crippen LogP contribution is -2.47. The molecule has 0 bridgehead atoms. The minimum atomic E-state index is -0.270. The Morgan fingerprint density at radius 1 is 1.42 bits per heavy atom. The summed E-state index contributed by atoms with van der Waals surface area (Å²) in [6.45, 7) is 1.95. The van der Waals surface area contributed by atoms with Crippen LogP contribution in [0.2, 0.25) is 5.02 Å². The van der Waals surface area contributed by atoms with Crippen LogP contribution >= 0.6 is 24.0 Å². The normalized spacial score (nSPS) is 24.6. The second-order valence-corrected chi connectivity index (χ2v) is 7.37. The van der Waals surface area contributed by atoms with Gasteiger partial charge in [0.2, 0.25) is 17.6 Å². The number of halogens is 2. The second kappa shape index (κ2) is 7.94. The maximum absolute atomic E-state index is 12.8. The third-order valence-electron chi connectivity index (χ3n) is 5.44. The maximum atomic E-state index is 12.8. The zero-order chi connectivity index (χ0) is 17.3. The summed E-state index contributed by atoms with van der Waals surface area (Å²) in [5.74, 6) is 1.41. The molecule has 1 saturated carbocycles. The Bertz CT molecular complexity index is 782. The number of fused-ring (bicyclic) bond motifs is 1. The van der Waals surface area contributed by atoms with Gasteiger partial charge in [0.15, 0.2) is 0 Å². The van der Waals surface area contributed by atoms with Crippen molar-refractivity contribution >= 4 is 29.9 Å². The van der Waals surface area contributed by atoms with E-state index < -0.39 is 0 Å². The first-order chi connectivity index (χ1) is 12.2. The topological polar surface area (TPSA) is 80.1 Å². The number of amides is 1. The largest absolute Gasteiger partial charge is 0.346 e. The van der Waals surface area contributed by atoms with Crippen LogP contribution in [0, 0.1) is 11.3 Å². The van der Waals surface area contributed by atoms with Gasteiger partial charge in [0.25, 0.3) is 0 Å². The van der Waals surface area contributed by atoms with E-state index in [9.17, 15) is 4.79 Å². The van der Waals surface area contributed by atoms with Gasteiger partial charge in [-0.1, -0.05) is 41.7 Å². The van der Waals surface area contributed by atoms with Crippen LogP contribution in [0.1, 0.15) is 31.6 Å². The lowest BCUT2D eigenvalue weighted by Gasteiger charge is -2.36. The van der Waals surface area contributed by atoms with Gasteiger partial charge in [-0.25, -0.2) is 0 Å². The molecular formula is C18H22Cl2N4O2. The van der Waals surface area contributed by atoms with Crippen LogP contribution in [-0.2, 0) is 11.3 Å². The molecule has 4 rings (SSSR count). The van der Waals surface area contributed by atoms with Gasteiger partial charge in [-0.3, -0.25) is 4.79 Å². The lowest BCUT2D eigenvalue weighted by atomic mass is 9.67. The summed E-state index contributed by atoms with van der Waals surface area (Å²) in [7, 11) is 0. The molecule has 2 aliphatic rings. The van der Waals surface area contributed by atoms with Crippen molar-refractivity contribution in [1.82, 2.24) is 20.8 Å². The van der Waals surface area contributed by atoms with Crippen LogP contribution in [0.25, 0.3) is 11.4 Å². The smallest absolute Gasteiger partial charge is 0.246 e. The molecule has 2 aromatic rings. The molecule has 26 heavy (non-hydrogen) atoms. The highest BCUT2D eigenvalue weighted by molar-refractivity contribution is 6.30. The Hall–Kier alpha value is -1.63. The summed E-state index contributed by atoms with van der Waals surface area (Å²) in [6, 6.07) is 7.28. The molecule has 8 heteroatoms. The number of carbonyl (C=O) groups is 1. The molecule has 1 amide bonds. The summed E-state index contributed by atoms with van der Waals surface area (Å²) in [6.07, 6.45) is 4.41. The van der Waals surface area contributed by atoms with Crippen molar-refractivity contribution in [2.75, 3.05) is 13.1 Å². The van der Waals surface area contributed by atoms with Crippen LogP contribution in [0.15, 0.2) is 28.8 Å². The Morgan fingerprint density at radius 3 is 3.15 bits per heavy atom. The summed E-state index contributed by atoms with van der Waals surface area (Å²) in [5, 5.41) is 11.0. The number of rotatable bonds is 4. The van der Waals surface area contributed by atoms with Crippen molar-refractivity contribution < 1.29 is 9.32 Å². The van der Waals surface area contributed by atoms with Crippen molar-refractivity contribution in [2.24, 2.45) is 11.3 Å². The van der Waals surface area contributed by atoms with Crippen LogP contribution < -0.4 is 10.6 Å². The number of aromatic nitrogens is 2. The number of nitrogens with zero attached hydrogens (tertiary/aromatic N) is 2. The van der Waals surface area contributed by atoms with E-state index in [-0.39, 0.29) is 30.3 Å². The number of nitrogens with one attached hydrogen (secondary N) is 2. The summed E-state index contributed by atoms with van der Waals surface area (Å²) in [4.78, 5) is 17.2. The Kier molecular flexibility index (Phi) is 5.85. The predicted octanol–water partition coefficient (Wildman–Crippen LogP) is 3.21. The highest BCUT2D eigenvalue weighted by atomic mass is 35.5. The summed E-state index contributed by atoms with van der Waals surface area (Å²) in [5.41, 5.74) is 0.522. The molecule has 2 N–H and O–H groups in total. The maximum Gasteiger partial charge on any atom is 0.246 e. The van der Waals surface area contributed by atoms with Crippen LogP contribution in [0.4, 0.5) is 0 Å². The van der Waals surface area contributed by atoms with Crippen LogP contribution in [0.3, 0.4) is 0 Å². The molecule has 1 aromatic carbocycles. The fourth-order valence-electron chi connectivity index (χ4n) is 4.09. The lowest BCUT2D eigenvalue weighted by molar-refractivity contribution is -0.134. The third-order valence-corrected chi connectivity index (χ3v) is 5.68. The zero-order valence-corrected chi connectivity index (χ0v) is 15.9. The first-order valence-electron chi connectivity index (χ1n) is 8.75. The minimum absolute atomic E-state index is 0. The zero-order valence-electron chi connectivity index (χ0n) is 14.3. The van der Waals surface area contributed by atoms with Gasteiger partial charge >= 0.3 is 0 Å². The van der Waals surface area contributed by atoms with Gasteiger partial charge in [-0.05, 0) is 37.4 Å². The number of carbonyl (C=O) groups excluding carboxylic acids is 1. The monoisotopic (exact) mass is 396 g/mol. The molecule has 1 saturated heterocycles. The first-order valence-corrected chi connectivity index (χ1v) is 9.13. The van der Waals surface area contributed by atoms with Crippen molar-refractivity contribution in [3.05, 3.63) is 35.2 Å². The van der Waals surface area contributed by atoms with E-state index >= 15 is 0 Å². The molecule has 2 atom stereocenters. The van der Waals surface area contributed by atoms with Crippen molar-refractivity contribution in [3.63, 3.8) is 0 Å². The molecule has 2 fully saturated rings. The Labute approximate surface area is 163 Å². The van der Waals surface area contributed by atoms with E-state index in [2.05, 4.69) is 20.8 Å². The van der Waals surface area contributed by atoms with Gasteiger partial charge in [0, 0.05) is 17.1 Å². The fourth-order valence-corrected chi connectivity index (χ4v) is 4.28. The van der Waals surface area contributed by atoms with Gasteiger partial charge in [0.1, 0.15) is 0 Å². The van der Waals surface area contributed by atoms with Crippen molar-refractivity contribution in [2.45, 2.75) is 32.2 Å². The molecule has 0 radical (unpaired) electrons. The van der Waals surface area contributed by atoms with E-state index in [0.717, 1.165) is 37.9 Å². The standard InChI is InChI=1S/C18H21ClN4O2.ClH/c19-14-6-3-4-12(8-14)16-22-15(25-23-16)10-21-17(24)18-7-2-1-5-13(18)9-20-11-18;/h3-4,6,8,13,20H,1-2,5,7,9-11H2,(H,21,24);1H/t13-,18+;/m0./s1. The van der Waals surface area contributed by atoms with Crippen molar-refractivity contribution in [3.8, 4) is 11.4 Å². The molecule has 0 spiro atoms. The van der Waals surface area contributed by atoms with E-state index in [1.54, 1.807) is 12.1 Å². The van der Waals surface area contributed by atoms with Gasteiger partial charge in [0.05, 0.1) is 12.0 Å². The van der Waals surface area contributed by atoms with Gasteiger partial charge in [-0.15, -0.1) is 12.4 Å². The molecule has 1 aromatic heterocycles. The highest BCUT2D eigenvalue weighted by Crippen LogP contribution is 2.43. The van der Waals surface area contributed by atoms with Crippen LogP contribution in [-0.4, -0.2) is 29.1 Å². The predicted molar refractivity (Wildman–Crippen MR) is 101 cm³/mol. The quantitative estimate of drug-likeness (QED) is 0.828. The highest BCUT2D eigenvalue weighted by Gasteiger charge is 2.49. The fraction of sp³-hybridized carbons (Fsp3) is 0.500. The Morgan fingerprint density at radius 2 is 2.31 bits per heavy atom. The molecule has 6 nitrogen and oxygen atoms in total. The SMILES string of the molecule is Cl.O=C(NCc1nc(-c2cccc(Cl)c2)no1)[C@@]12CCCC[C@H]1CNC2. The number of hydrogen-bond donors (Lipinski definition) is 2. The van der Waals surface area contributed by atoms with E-state index in [1.807, 2.05) is 12.1 Å². The minimum Gasteiger partial charge on any atom is -0.346 e. The summed E-state index contributed by atoms with van der Waals surface area (Å²) >= 11 is 5.99. The molecule has 1 aliphatic heterocycles. The average molecular weight is 397 g/mol. The van der Waals surface area contributed by atoms with Crippen molar-refractivity contribution in [1.29, 1.82) is 0 Å². The second-order valence-electron chi connectivity index (χ2n) is 6.93. The average Bonchev–Trinajstić information content (AvgIpc) is 3.27. The third kappa shape index (κ3) is 3.59. The molecular weight excluding hydrogens is 375 g/mol.